The molecule has 98 valence electrons. The van der Waals surface area contributed by atoms with Crippen LogP contribution in [-0.4, -0.2) is 47.2 Å². The first-order chi connectivity index (χ1) is 8.45. The van der Waals surface area contributed by atoms with Gasteiger partial charge in [0, 0.05) is 13.2 Å². The lowest BCUT2D eigenvalue weighted by atomic mass is 10.2. The summed E-state index contributed by atoms with van der Waals surface area (Å²) in [6, 6.07) is 0. The smallest absolute Gasteiger partial charge is 0.341 e. The average molecular weight is 253 g/mol. The standard InChI is InChI=1S/C11H15N3O4/c1-4-18-10(17)8-5-12-11(13-7(8)2)14(3)6-9(15)16/h5H,4,6H2,1-3H3,(H,15,16). The number of aryl methyl sites for hydroxylation is 1. The second-order valence-corrected chi connectivity index (χ2v) is 3.64. The molecule has 0 aliphatic rings. The van der Waals surface area contributed by atoms with Crippen LogP contribution >= 0.6 is 0 Å². The van der Waals surface area contributed by atoms with E-state index in [2.05, 4.69) is 9.97 Å². The van der Waals surface area contributed by atoms with Gasteiger partial charge in [0.15, 0.2) is 0 Å². The molecule has 18 heavy (non-hydrogen) atoms. The number of hydrogen-bond acceptors (Lipinski definition) is 6. The molecule has 0 fully saturated rings. The second kappa shape index (κ2) is 5.95. The average Bonchev–Trinajstić information content (AvgIpc) is 2.28. The minimum Gasteiger partial charge on any atom is -0.480 e. The SMILES string of the molecule is CCOC(=O)c1cnc(N(C)CC(=O)O)nc1C. The van der Waals surface area contributed by atoms with E-state index in [0.717, 1.165) is 0 Å². The van der Waals surface area contributed by atoms with E-state index in [1.54, 1.807) is 20.9 Å². The summed E-state index contributed by atoms with van der Waals surface area (Å²) in [6.07, 6.45) is 1.34. The van der Waals surface area contributed by atoms with Crippen LogP contribution in [0, 0.1) is 6.92 Å². The van der Waals surface area contributed by atoms with Crippen LogP contribution in [0.4, 0.5) is 5.95 Å². The largest absolute Gasteiger partial charge is 0.480 e. The number of hydrogen-bond donors (Lipinski definition) is 1. The molecule has 0 aliphatic carbocycles. The molecule has 1 N–H and O–H groups in total. The summed E-state index contributed by atoms with van der Waals surface area (Å²) in [5, 5.41) is 8.66. The fraction of sp³-hybridized carbons (Fsp3) is 0.455. The summed E-state index contributed by atoms with van der Waals surface area (Å²) >= 11 is 0. The Kier molecular flexibility index (Phi) is 4.59. The normalized spacial score (nSPS) is 9.94. The summed E-state index contributed by atoms with van der Waals surface area (Å²) in [7, 11) is 1.56. The zero-order valence-electron chi connectivity index (χ0n) is 10.5. The first kappa shape index (κ1) is 13.9. The number of aromatic nitrogens is 2. The topological polar surface area (TPSA) is 92.6 Å². The van der Waals surface area contributed by atoms with Gasteiger partial charge in [0.2, 0.25) is 5.95 Å². The highest BCUT2D eigenvalue weighted by Crippen LogP contribution is 2.11. The van der Waals surface area contributed by atoms with Crippen LogP contribution < -0.4 is 4.90 Å². The van der Waals surface area contributed by atoms with E-state index in [-0.39, 0.29) is 24.7 Å². The highest BCUT2D eigenvalue weighted by atomic mass is 16.5. The molecule has 0 aromatic carbocycles. The van der Waals surface area contributed by atoms with Gasteiger partial charge >= 0.3 is 11.9 Å². The Bertz CT molecular complexity index is 462. The van der Waals surface area contributed by atoms with Gasteiger partial charge in [0.1, 0.15) is 6.54 Å². The minimum absolute atomic E-state index is 0.210. The number of carboxylic acids is 1. The predicted octanol–water partition coefficient (Wildman–Crippen LogP) is 0.483. The van der Waals surface area contributed by atoms with E-state index < -0.39 is 11.9 Å². The van der Waals surface area contributed by atoms with Gasteiger partial charge < -0.3 is 14.7 Å². The maximum absolute atomic E-state index is 11.5. The zero-order chi connectivity index (χ0) is 13.7. The van der Waals surface area contributed by atoms with Crippen molar-refractivity contribution in [3.8, 4) is 0 Å². The lowest BCUT2D eigenvalue weighted by Crippen LogP contribution is -2.27. The van der Waals surface area contributed by atoms with Crippen molar-refractivity contribution in [2.24, 2.45) is 0 Å². The number of nitrogens with zero attached hydrogens (tertiary/aromatic N) is 3. The molecular weight excluding hydrogens is 238 g/mol. The number of carboxylic acid groups (broad SMARTS) is 1. The summed E-state index contributed by atoms with van der Waals surface area (Å²) in [4.78, 5) is 31.5. The maximum atomic E-state index is 11.5. The fourth-order valence-corrected chi connectivity index (χ4v) is 1.32. The third-order valence-corrected chi connectivity index (χ3v) is 2.18. The predicted molar refractivity (Wildman–Crippen MR) is 63.6 cm³/mol. The first-order valence-corrected chi connectivity index (χ1v) is 5.39. The molecule has 0 aliphatic heterocycles. The van der Waals surface area contributed by atoms with Gasteiger partial charge in [-0.05, 0) is 13.8 Å². The van der Waals surface area contributed by atoms with E-state index in [1.807, 2.05) is 0 Å². The highest BCUT2D eigenvalue weighted by molar-refractivity contribution is 5.90. The highest BCUT2D eigenvalue weighted by Gasteiger charge is 2.15. The van der Waals surface area contributed by atoms with Gasteiger partial charge in [0.05, 0.1) is 17.9 Å². The van der Waals surface area contributed by atoms with Crippen LogP contribution in [0.2, 0.25) is 0 Å². The van der Waals surface area contributed by atoms with Gasteiger partial charge in [0.25, 0.3) is 0 Å². The molecule has 0 saturated heterocycles. The number of ether oxygens (including phenoxy) is 1. The molecule has 0 radical (unpaired) electrons. The Hall–Kier alpha value is -2.18. The molecule has 0 atom stereocenters. The van der Waals surface area contributed by atoms with Crippen LogP contribution in [-0.2, 0) is 9.53 Å². The third kappa shape index (κ3) is 3.41. The monoisotopic (exact) mass is 253 g/mol. The van der Waals surface area contributed by atoms with E-state index in [0.29, 0.717) is 5.69 Å². The molecule has 7 heteroatoms. The molecule has 0 saturated carbocycles. The van der Waals surface area contributed by atoms with Crippen LogP contribution in [0.3, 0.4) is 0 Å². The van der Waals surface area contributed by atoms with Crippen LogP contribution in [0.5, 0.6) is 0 Å². The Morgan fingerprint density at radius 1 is 1.50 bits per heavy atom. The third-order valence-electron chi connectivity index (χ3n) is 2.18. The lowest BCUT2D eigenvalue weighted by molar-refractivity contribution is -0.135. The zero-order valence-corrected chi connectivity index (χ0v) is 10.5. The van der Waals surface area contributed by atoms with E-state index in [1.165, 1.54) is 11.1 Å². The molecule has 0 bridgehead atoms. The van der Waals surface area contributed by atoms with Gasteiger partial charge in [-0.15, -0.1) is 0 Å². The number of aliphatic carboxylic acids is 1. The van der Waals surface area contributed by atoms with Crippen molar-refractivity contribution < 1.29 is 19.4 Å². The van der Waals surface area contributed by atoms with E-state index in [9.17, 15) is 9.59 Å². The van der Waals surface area contributed by atoms with Crippen LogP contribution in [0.25, 0.3) is 0 Å². The van der Waals surface area contributed by atoms with E-state index in [4.69, 9.17) is 9.84 Å². The molecule has 0 unspecified atom stereocenters. The van der Waals surface area contributed by atoms with Crippen LogP contribution in [0.1, 0.15) is 23.0 Å². The number of rotatable bonds is 5. The molecule has 0 spiro atoms. The van der Waals surface area contributed by atoms with Gasteiger partial charge in [-0.3, -0.25) is 4.79 Å². The summed E-state index contributed by atoms with van der Waals surface area (Å²) in [6.45, 7) is 3.42. The molecule has 7 nitrogen and oxygen atoms in total. The molecule has 0 amide bonds. The van der Waals surface area contributed by atoms with Crippen molar-refractivity contribution >= 4 is 17.9 Å². The Balaban J connectivity index is 2.91. The number of carbonyl (C=O) groups is 2. The Labute approximate surface area is 104 Å². The number of carbonyl (C=O) groups excluding carboxylic acids is 1. The molecule has 1 aromatic heterocycles. The van der Waals surface area contributed by atoms with Crippen LogP contribution in [0.15, 0.2) is 6.20 Å². The number of anilines is 1. The van der Waals surface area contributed by atoms with Gasteiger partial charge in [-0.25, -0.2) is 14.8 Å². The van der Waals surface area contributed by atoms with Crippen molar-refractivity contribution in [1.82, 2.24) is 9.97 Å². The summed E-state index contributed by atoms with van der Waals surface area (Å²) < 4.78 is 4.85. The van der Waals surface area contributed by atoms with Crippen molar-refractivity contribution in [1.29, 1.82) is 0 Å². The van der Waals surface area contributed by atoms with Crippen molar-refractivity contribution in [2.75, 3.05) is 25.1 Å². The van der Waals surface area contributed by atoms with Gasteiger partial charge in [-0.1, -0.05) is 0 Å². The first-order valence-electron chi connectivity index (χ1n) is 5.39. The molecular formula is C11H15N3O4. The Morgan fingerprint density at radius 2 is 2.17 bits per heavy atom. The number of likely N-dealkylation sites (N-methyl/N-ethyl adjacent to an activating group) is 1. The maximum Gasteiger partial charge on any atom is 0.341 e. The fourth-order valence-electron chi connectivity index (χ4n) is 1.32. The molecule has 1 aromatic rings. The minimum atomic E-state index is -0.978. The van der Waals surface area contributed by atoms with Crippen molar-refractivity contribution in [3.63, 3.8) is 0 Å². The molecule has 1 heterocycles. The molecule has 1 rings (SSSR count). The summed E-state index contributed by atoms with van der Waals surface area (Å²) in [5.74, 6) is -1.21. The second-order valence-electron chi connectivity index (χ2n) is 3.64. The van der Waals surface area contributed by atoms with Crippen molar-refractivity contribution in [3.05, 3.63) is 17.5 Å². The number of esters is 1. The van der Waals surface area contributed by atoms with E-state index >= 15 is 0 Å². The lowest BCUT2D eigenvalue weighted by Gasteiger charge is -2.15. The van der Waals surface area contributed by atoms with Gasteiger partial charge in [-0.2, -0.15) is 0 Å². The Morgan fingerprint density at radius 3 is 2.67 bits per heavy atom. The van der Waals surface area contributed by atoms with Crippen molar-refractivity contribution in [2.45, 2.75) is 13.8 Å². The summed E-state index contributed by atoms with van der Waals surface area (Å²) in [5.41, 5.74) is 0.736. The quantitative estimate of drug-likeness (QED) is 0.763.